The van der Waals surface area contributed by atoms with Crippen molar-refractivity contribution in [2.75, 3.05) is 5.73 Å². The van der Waals surface area contributed by atoms with Gasteiger partial charge in [-0.05, 0) is 5.56 Å². The number of aromatic nitrogens is 2. The van der Waals surface area contributed by atoms with Gasteiger partial charge < -0.3 is 10.6 Å². The highest BCUT2D eigenvalue weighted by Crippen LogP contribution is 2.08. The molecular formula is C13H12FN5O. The van der Waals surface area contributed by atoms with Gasteiger partial charge in [0.2, 0.25) is 0 Å². The largest absolute Gasteiger partial charge is 0.381 e. The van der Waals surface area contributed by atoms with Crippen molar-refractivity contribution in [3.63, 3.8) is 0 Å². The summed E-state index contributed by atoms with van der Waals surface area (Å²) >= 11 is 0. The van der Waals surface area contributed by atoms with E-state index in [0.29, 0.717) is 6.42 Å². The van der Waals surface area contributed by atoms with Crippen LogP contribution in [0.15, 0.2) is 41.7 Å². The van der Waals surface area contributed by atoms with E-state index in [4.69, 9.17) is 11.0 Å². The summed E-state index contributed by atoms with van der Waals surface area (Å²) in [4.78, 5) is 11.2. The molecule has 2 N–H and O–H groups in total. The van der Waals surface area contributed by atoms with E-state index in [1.807, 2.05) is 30.3 Å². The number of nitrogens with two attached hydrogens (primary N) is 1. The third-order valence-electron chi connectivity index (χ3n) is 2.02. The van der Waals surface area contributed by atoms with Gasteiger partial charge >= 0.3 is 6.01 Å². The van der Waals surface area contributed by atoms with E-state index in [1.54, 1.807) is 0 Å². The summed E-state index contributed by atoms with van der Waals surface area (Å²) in [5.74, 6) is -0.972. The van der Waals surface area contributed by atoms with Crippen molar-refractivity contribution < 1.29 is 9.23 Å². The van der Waals surface area contributed by atoms with Crippen molar-refractivity contribution in [2.45, 2.75) is 6.42 Å². The van der Waals surface area contributed by atoms with Crippen LogP contribution in [0.2, 0.25) is 0 Å². The van der Waals surface area contributed by atoms with Gasteiger partial charge in [-0.2, -0.15) is 15.2 Å². The van der Waals surface area contributed by atoms with E-state index in [0.717, 1.165) is 11.8 Å². The monoisotopic (exact) mass is 273 g/mol. The molecule has 102 valence electrons. The Morgan fingerprint density at radius 1 is 1.40 bits per heavy atom. The van der Waals surface area contributed by atoms with Gasteiger partial charge in [-0.25, -0.2) is 4.39 Å². The number of nitriles is 1. The topological polar surface area (TPSA) is 97.2 Å². The molecule has 1 aromatic heterocycles. The van der Waals surface area contributed by atoms with Crippen molar-refractivity contribution in [3.8, 4) is 12.1 Å². The molecule has 0 saturated carbocycles. The van der Waals surface area contributed by atoms with Gasteiger partial charge in [0.25, 0.3) is 0 Å². The summed E-state index contributed by atoms with van der Waals surface area (Å²) in [5.41, 5.74) is 6.17. The summed E-state index contributed by atoms with van der Waals surface area (Å²) < 4.78 is 12.4. The molecule has 0 aliphatic rings. The molecule has 20 heavy (non-hydrogen) atoms. The Morgan fingerprint density at radius 3 is 2.65 bits per heavy atom. The number of nitrogens with zero attached hydrogens (tertiary/aromatic N) is 4. The van der Waals surface area contributed by atoms with E-state index in [-0.39, 0.29) is 11.8 Å². The first-order valence-corrected chi connectivity index (χ1v) is 5.49. The summed E-state index contributed by atoms with van der Waals surface area (Å²) in [6.45, 7) is 3.02. The highest BCUT2D eigenvalue weighted by atomic mass is 19.1. The van der Waals surface area contributed by atoms with Crippen molar-refractivity contribution in [3.05, 3.63) is 47.9 Å². The maximum Gasteiger partial charge on any atom is 0.347 e. The van der Waals surface area contributed by atoms with Crippen LogP contribution in [0.5, 0.6) is 6.01 Å². The zero-order chi connectivity index (χ0) is 14.8. The summed E-state index contributed by atoms with van der Waals surface area (Å²) in [6.07, 6.45) is 1.41. The molecule has 0 aliphatic heterocycles. The van der Waals surface area contributed by atoms with E-state index in [2.05, 4.69) is 32.7 Å². The number of nitrogen functional groups attached to an aromatic ring is 1. The number of benzene rings is 1. The van der Waals surface area contributed by atoms with Crippen LogP contribution >= 0.6 is 0 Å². The van der Waals surface area contributed by atoms with E-state index in [9.17, 15) is 4.39 Å². The lowest BCUT2D eigenvalue weighted by Crippen LogP contribution is -1.98. The molecule has 7 heteroatoms. The van der Waals surface area contributed by atoms with E-state index >= 15 is 0 Å². The molecule has 2 rings (SSSR count). The smallest absolute Gasteiger partial charge is 0.347 e. The fourth-order valence-electron chi connectivity index (χ4n) is 1.15. The Bertz CT molecular complexity index is 597. The van der Waals surface area contributed by atoms with E-state index < -0.39 is 5.82 Å². The van der Waals surface area contributed by atoms with Gasteiger partial charge in [0.1, 0.15) is 0 Å². The van der Waals surface area contributed by atoms with Crippen LogP contribution < -0.4 is 10.6 Å². The first kappa shape index (κ1) is 15.0. The molecule has 1 aromatic carbocycles. The average Bonchev–Trinajstić information content (AvgIpc) is 2.46. The predicted molar refractivity (Wildman–Crippen MR) is 72.3 cm³/mol. The Kier molecular flexibility index (Phi) is 6.14. The lowest BCUT2D eigenvalue weighted by molar-refractivity contribution is 0.315. The molecule has 1 heterocycles. The fourth-order valence-corrected chi connectivity index (χ4v) is 1.15. The van der Waals surface area contributed by atoms with Crippen molar-refractivity contribution in [1.82, 2.24) is 9.97 Å². The molecule has 0 unspecified atom stereocenters. The Hall–Kier alpha value is -3.01. The van der Waals surface area contributed by atoms with Crippen LogP contribution in [0.3, 0.4) is 0 Å². The summed E-state index contributed by atoms with van der Waals surface area (Å²) in [5, 5.41) is 11.3. The molecule has 0 fully saturated rings. The van der Waals surface area contributed by atoms with Crippen LogP contribution in [0.25, 0.3) is 0 Å². The highest BCUT2D eigenvalue weighted by molar-refractivity contribution is 5.29. The summed E-state index contributed by atoms with van der Waals surface area (Å²) in [6, 6.07) is 11.7. The minimum absolute atomic E-state index is 0.126. The maximum atomic E-state index is 12.4. The molecule has 0 aliphatic carbocycles. The number of hydrogen-bond acceptors (Lipinski definition) is 6. The van der Waals surface area contributed by atoms with Gasteiger partial charge in [0.15, 0.2) is 11.6 Å². The first-order valence-electron chi connectivity index (χ1n) is 5.49. The zero-order valence-corrected chi connectivity index (χ0v) is 10.5. The number of anilines is 1. The average molecular weight is 273 g/mol. The maximum absolute atomic E-state index is 12.4. The molecule has 0 spiro atoms. The number of halogens is 1. The second-order valence-electron chi connectivity index (χ2n) is 3.43. The molecule has 0 radical (unpaired) electrons. The predicted octanol–water partition coefficient (Wildman–Crippen LogP) is 1.94. The van der Waals surface area contributed by atoms with Gasteiger partial charge in [0.05, 0.1) is 18.7 Å². The van der Waals surface area contributed by atoms with Crippen LogP contribution in [0.4, 0.5) is 10.2 Å². The van der Waals surface area contributed by atoms with E-state index in [1.165, 1.54) is 0 Å². The third-order valence-corrected chi connectivity index (χ3v) is 2.02. The highest BCUT2D eigenvalue weighted by Gasteiger charge is 2.02. The van der Waals surface area contributed by atoms with Gasteiger partial charge in [-0.15, -0.1) is 0 Å². The van der Waals surface area contributed by atoms with Crippen molar-refractivity contribution in [1.29, 1.82) is 5.26 Å². The first-order chi connectivity index (χ1) is 9.67. The molecule has 0 amide bonds. The van der Waals surface area contributed by atoms with Gasteiger partial charge in [0, 0.05) is 6.72 Å². The Balaban J connectivity index is 0.000000204. The molecule has 0 atom stereocenters. The SMILES string of the molecule is C=NOc1ncc(F)c(N)n1.N#CCc1ccccc1. The Labute approximate surface area is 115 Å². The summed E-state index contributed by atoms with van der Waals surface area (Å²) in [7, 11) is 0. The third kappa shape index (κ3) is 5.10. The minimum Gasteiger partial charge on any atom is -0.381 e. The molecule has 0 saturated heterocycles. The second kappa shape index (κ2) is 8.16. The van der Waals surface area contributed by atoms with Crippen LogP contribution in [-0.4, -0.2) is 16.7 Å². The molecule has 0 bridgehead atoms. The second-order valence-corrected chi connectivity index (χ2v) is 3.43. The molecule has 2 aromatic rings. The molecular weight excluding hydrogens is 261 g/mol. The quantitative estimate of drug-likeness (QED) is 0.680. The number of oxime groups is 1. The lowest BCUT2D eigenvalue weighted by atomic mass is 10.2. The fraction of sp³-hybridized carbons (Fsp3) is 0.0769. The Morgan fingerprint density at radius 2 is 2.10 bits per heavy atom. The number of rotatable bonds is 3. The van der Waals surface area contributed by atoms with Gasteiger partial charge in [-0.1, -0.05) is 35.5 Å². The minimum atomic E-state index is -0.693. The normalized spacial score (nSPS) is 8.80. The van der Waals surface area contributed by atoms with Crippen LogP contribution in [-0.2, 0) is 6.42 Å². The van der Waals surface area contributed by atoms with Crippen LogP contribution in [0, 0.1) is 17.1 Å². The van der Waals surface area contributed by atoms with Gasteiger partial charge in [-0.3, -0.25) is 0 Å². The molecule has 6 nitrogen and oxygen atoms in total. The zero-order valence-electron chi connectivity index (χ0n) is 10.5. The van der Waals surface area contributed by atoms with Crippen molar-refractivity contribution >= 4 is 12.5 Å². The number of hydrogen-bond donors (Lipinski definition) is 1. The standard InChI is InChI=1S/C8H7N.C5H5FN4O/c9-7-6-8-4-2-1-3-5-8;1-8-11-5-9-2-3(6)4(7)10-5/h1-5H,6H2;2H,1H2,(H2,7,9,10). The van der Waals surface area contributed by atoms with Crippen molar-refractivity contribution in [2.24, 2.45) is 5.16 Å². The van der Waals surface area contributed by atoms with Crippen LogP contribution in [0.1, 0.15) is 5.56 Å². The lowest BCUT2D eigenvalue weighted by Gasteiger charge is -1.96.